The highest BCUT2D eigenvalue weighted by Crippen LogP contribution is 2.30. The number of hydrogen-bond donors (Lipinski definition) is 1. The predicted molar refractivity (Wildman–Crippen MR) is 84.3 cm³/mol. The molecule has 0 fully saturated rings. The van der Waals surface area contributed by atoms with Crippen LogP contribution >= 0.6 is 23.2 Å². The van der Waals surface area contributed by atoms with Crippen LogP contribution in [-0.4, -0.2) is 28.0 Å². The van der Waals surface area contributed by atoms with Crippen molar-refractivity contribution in [1.29, 1.82) is 0 Å². The van der Waals surface area contributed by atoms with Crippen molar-refractivity contribution in [3.63, 3.8) is 0 Å². The van der Waals surface area contributed by atoms with E-state index in [4.69, 9.17) is 33.7 Å². The van der Waals surface area contributed by atoms with Crippen molar-refractivity contribution in [2.45, 2.75) is 13.8 Å². The van der Waals surface area contributed by atoms with Crippen molar-refractivity contribution >= 4 is 35.1 Å². The van der Waals surface area contributed by atoms with E-state index in [1.165, 1.54) is 0 Å². The van der Waals surface area contributed by atoms with Gasteiger partial charge in [0.15, 0.2) is 0 Å². The quantitative estimate of drug-likeness (QED) is 0.906. The van der Waals surface area contributed by atoms with Gasteiger partial charge in [-0.2, -0.15) is 15.0 Å². The number of rotatable bonds is 5. The second kappa shape index (κ2) is 6.78. The maximum absolute atomic E-state index is 6.05. The highest BCUT2D eigenvalue weighted by Gasteiger charge is 2.12. The number of aromatic nitrogens is 3. The van der Waals surface area contributed by atoms with Gasteiger partial charge in [-0.3, -0.25) is 0 Å². The van der Waals surface area contributed by atoms with E-state index in [0.717, 1.165) is 13.1 Å². The fourth-order valence-corrected chi connectivity index (χ4v) is 2.16. The van der Waals surface area contributed by atoms with Crippen LogP contribution in [0.4, 0.5) is 11.9 Å². The summed E-state index contributed by atoms with van der Waals surface area (Å²) >= 11 is 11.9. The summed E-state index contributed by atoms with van der Waals surface area (Å²) in [7, 11) is 0. The van der Waals surface area contributed by atoms with Gasteiger partial charge in [-0.1, -0.05) is 23.2 Å². The van der Waals surface area contributed by atoms with Gasteiger partial charge in [0.05, 0.1) is 5.02 Å². The van der Waals surface area contributed by atoms with Gasteiger partial charge in [0.2, 0.25) is 11.9 Å². The Balaban J connectivity index is 2.31. The zero-order valence-corrected chi connectivity index (χ0v) is 13.2. The van der Waals surface area contributed by atoms with Gasteiger partial charge < -0.3 is 15.4 Å². The summed E-state index contributed by atoms with van der Waals surface area (Å²) in [6.45, 7) is 5.50. The third-order valence-electron chi connectivity index (χ3n) is 2.76. The SMILES string of the molecule is CCN(CC)c1nc(N)nc(Oc2ccc(Cl)cc2Cl)n1. The molecule has 0 spiro atoms. The fourth-order valence-electron chi connectivity index (χ4n) is 1.71. The van der Waals surface area contributed by atoms with Crippen molar-refractivity contribution in [3.05, 3.63) is 28.2 Å². The van der Waals surface area contributed by atoms with Gasteiger partial charge in [0.1, 0.15) is 5.75 Å². The van der Waals surface area contributed by atoms with Crippen molar-refractivity contribution in [1.82, 2.24) is 15.0 Å². The van der Waals surface area contributed by atoms with E-state index in [-0.39, 0.29) is 12.0 Å². The molecular formula is C13H15Cl2N5O. The number of hydrogen-bond acceptors (Lipinski definition) is 6. The monoisotopic (exact) mass is 327 g/mol. The van der Waals surface area contributed by atoms with E-state index in [1.54, 1.807) is 18.2 Å². The largest absolute Gasteiger partial charge is 0.423 e. The molecule has 0 saturated heterocycles. The summed E-state index contributed by atoms with van der Waals surface area (Å²) in [5.41, 5.74) is 5.70. The Morgan fingerprint density at radius 3 is 2.48 bits per heavy atom. The van der Waals surface area contributed by atoms with Crippen molar-refractivity contribution < 1.29 is 4.74 Å². The number of benzene rings is 1. The highest BCUT2D eigenvalue weighted by atomic mass is 35.5. The highest BCUT2D eigenvalue weighted by molar-refractivity contribution is 6.35. The molecule has 6 nitrogen and oxygen atoms in total. The smallest absolute Gasteiger partial charge is 0.328 e. The van der Waals surface area contributed by atoms with Gasteiger partial charge >= 0.3 is 6.01 Å². The lowest BCUT2D eigenvalue weighted by molar-refractivity contribution is 0.440. The Kier molecular flexibility index (Phi) is 5.03. The Labute approximate surface area is 132 Å². The fraction of sp³-hybridized carbons (Fsp3) is 0.308. The third-order valence-corrected chi connectivity index (χ3v) is 3.29. The molecule has 2 N–H and O–H groups in total. The molecule has 2 aromatic rings. The molecule has 0 aliphatic carbocycles. The van der Waals surface area contributed by atoms with Crippen molar-refractivity contribution in [2.75, 3.05) is 23.7 Å². The lowest BCUT2D eigenvalue weighted by atomic mass is 10.3. The second-order valence-electron chi connectivity index (χ2n) is 4.13. The zero-order valence-electron chi connectivity index (χ0n) is 11.7. The van der Waals surface area contributed by atoms with Gasteiger partial charge in [0, 0.05) is 18.1 Å². The van der Waals surface area contributed by atoms with E-state index >= 15 is 0 Å². The van der Waals surface area contributed by atoms with Gasteiger partial charge in [-0.15, -0.1) is 0 Å². The summed E-state index contributed by atoms with van der Waals surface area (Å²) in [5, 5.41) is 0.886. The van der Waals surface area contributed by atoms with Gasteiger partial charge in [0.25, 0.3) is 0 Å². The minimum atomic E-state index is 0.0898. The molecule has 2 rings (SSSR count). The average molecular weight is 328 g/mol. The maximum atomic E-state index is 6.05. The molecule has 1 aromatic heterocycles. The maximum Gasteiger partial charge on any atom is 0.328 e. The van der Waals surface area contributed by atoms with Crippen LogP contribution in [0.25, 0.3) is 0 Å². The molecular weight excluding hydrogens is 313 g/mol. The molecule has 0 aliphatic rings. The van der Waals surface area contributed by atoms with Crippen molar-refractivity contribution in [3.8, 4) is 11.8 Å². The number of nitrogens with two attached hydrogens (primary N) is 1. The summed E-state index contributed by atoms with van der Waals surface area (Å²) < 4.78 is 5.57. The Bertz CT molecular complexity index is 634. The summed E-state index contributed by atoms with van der Waals surface area (Å²) in [6, 6.07) is 4.97. The number of halogens is 2. The van der Waals surface area contributed by atoms with E-state index < -0.39 is 0 Å². The first kappa shape index (κ1) is 15.6. The van der Waals surface area contributed by atoms with Crippen LogP contribution in [0.15, 0.2) is 18.2 Å². The van der Waals surface area contributed by atoms with Crippen LogP contribution < -0.4 is 15.4 Å². The summed E-state index contributed by atoms with van der Waals surface area (Å²) in [5.74, 6) is 0.955. The number of anilines is 2. The second-order valence-corrected chi connectivity index (χ2v) is 4.97. The molecule has 0 amide bonds. The first-order valence-corrected chi connectivity index (χ1v) is 7.18. The Morgan fingerprint density at radius 2 is 1.86 bits per heavy atom. The molecule has 21 heavy (non-hydrogen) atoms. The van der Waals surface area contributed by atoms with Crippen molar-refractivity contribution in [2.24, 2.45) is 0 Å². The van der Waals surface area contributed by atoms with E-state index in [2.05, 4.69) is 15.0 Å². The van der Waals surface area contributed by atoms with Gasteiger partial charge in [-0.25, -0.2) is 0 Å². The molecule has 1 aromatic carbocycles. The normalized spacial score (nSPS) is 10.5. The van der Waals surface area contributed by atoms with E-state index in [0.29, 0.717) is 21.7 Å². The summed E-state index contributed by atoms with van der Waals surface area (Å²) in [4.78, 5) is 14.2. The van der Waals surface area contributed by atoms with E-state index in [1.807, 2.05) is 18.7 Å². The lowest BCUT2D eigenvalue weighted by Crippen LogP contribution is -2.25. The molecule has 0 aliphatic heterocycles. The Hall–Kier alpha value is -1.79. The first-order valence-electron chi connectivity index (χ1n) is 6.42. The average Bonchev–Trinajstić information content (AvgIpc) is 2.43. The lowest BCUT2D eigenvalue weighted by Gasteiger charge is -2.18. The molecule has 0 unspecified atom stereocenters. The van der Waals surface area contributed by atoms with Crippen LogP contribution in [0.5, 0.6) is 11.8 Å². The van der Waals surface area contributed by atoms with Crippen LogP contribution in [0.2, 0.25) is 10.0 Å². The summed E-state index contributed by atoms with van der Waals surface area (Å²) in [6.07, 6.45) is 0. The molecule has 8 heteroatoms. The molecule has 1 heterocycles. The van der Waals surface area contributed by atoms with Crippen LogP contribution in [0, 0.1) is 0 Å². The minimum Gasteiger partial charge on any atom is -0.423 e. The third kappa shape index (κ3) is 3.86. The molecule has 112 valence electrons. The standard InChI is InChI=1S/C13H15Cl2N5O/c1-3-20(4-2)12-17-11(16)18-13(19-12)21-10-6-5-8(14)7-9(10)15/h5-7H,3-4H2,1-2H3,(H2,16,17,18,19). The number of nitrogens with zero attached hydrogens (tertiary/aromatic N) is 4. The topological polar surface area (TPSA) is 77.2 Å². The first-order chi connectivity index (χ1) is 10.0. The molecule has 0 radical (unpaired) electrons. The van der Waals surface area contributed by atoms with Gasteiger partial charge in [-0.05, 0) is 32.0 Å². The van der Waals surface area contributed by atoms with Crippen LogP contribution in [0.3, 0.4) is 0 Å². The predicted octanol–water partition coefficient (Wildman–Crippen LogP) is 3.40. The molecule has 0 saturated carbocycles. The van der Waals surface area contributed by atoms with Crippen LogP contribution in [-0.2, 0) is 0 Å². The number of nitrogen functional groups attached to an aromatic ring is 1. The Morgan fingerprint density at radius 1 is 1.14 bits per heavy atom. The minimum absolute atomic E-state index is 0.0898. The van der Waals surface area contributed by atoms with Crippen LogP contribution in [0.1, 0.15) is 13.8 Å². The number of ether oxygens (including phenoxy) is 1. The molecule has 0 bridgehead atoms. The zero-order chi connectivity index (χ0) is 15.4. The molecule has 0 atom stereocenters. The van der Waals surface area contributed by atoms with E-state index in [9.17, 15) is 0 Å².